The van der Waals surface area contributed by atoms with Crippen LogP contribution in [0.2, 0.25) is 0 Å². The van der Waals surface area contributed by atoms with Crippen LogP contribution in [0.5, 0.6) is 0 Å². The highest BCUT2D eigenvalue weighted by Crippen LogP contribution is 2.21. The van der Waals surface area contributed by atoms with Gasteiger partial charge < -0.3 is 15.4 Å². The van der Waals surface area contributed by atoms with E-state index in [-0.39, 0.29) is 12.1 Å². The number of nitrogens with zero attached hydrogens (tertiary/aromatic N) is 1. The van der Waals surface area contributed by atoms with E-state index in [0.717, 1.165) is 6.42 Å². The van der Waals surface area contributed by atoms with Gasteiger partial charge in [-0.2, -0.15) is 0 Å². The van der Waals surface area contributed by atoms with Crippen molar-refractivity contribution < 1.29 is 9.53 Å². The van der Waals surface area contributed by atoms with E-state index in [9.17, 15) is 4.79 Å². The topological polar surface area (TPSA) is 55.6 Å². The van der Waals surface area contributed by atoms with Crippen LogP contribution in [-0.4, -0.2) is 36.7 Å². The number of rotatable bonds is 2. The summed E-state index contributed by atoms with van der Waals surface area (Å²) in [5.41, 5.74) is 6.59. The number of primary amides is 1. The highest BCUT2D eigenvalue weighted by Gasteiger charge is 2.23. The highest BCUT2D eigenvalue weighted by molar-refractivity contribution is 5.85. The second-order valence-electron chi connectivity index (χ2n) is 5.12. The molecule has 0 aliphatic carbocycles. The first-order chi connectivity index (χ1) is 9.74. The first-order valence-electron chi connectivity index (χ1n) is 6.86. The van der Waals surface area contributed by atoms with Crippen LogP contribution in [0.3, 0.4) is 0 Å². The molecule has 2 N–H and O–H groups in total. The van der Waals surface area contributed by atoms with Crippen molar-refractivity contribution in [3.05, 3.63) is 48.0 Å². The lowest BCUT2D eigenvalue weighted by atomic mass is 9.99. The third kappa shape index (κ3) is 2.60. The van der Waals surface area contributed by atoms with Crippen LogP contribution in [0.1, 0.15) is 5.56 Å². The maximum Gasteiger partial charge on any atom is 0.314 e. The molecule has 1 aliphatic heterocycles. The molecule has 0 saturated carbocycles. The Hall–Kier alpha value is -2.07. The van der Waals surface area contributed by atoms with Crippen molar-refractivity contribution >= 4 is 16.8 Å². The number of hydrogen-bond donors (Lipinski definition) is 1. The Labute approximate surface area is 118 Å². The average Bonchev–Trinajstić information content (AvgIpc) is 2.48. The number of carbonyl (C=O) groups excluding carboxylic acids is 1. The monoisotopic (exact) mass is 270 g/mol. The van der Waals surface area contributed by atoms with Gasteiger partial charge in [0, 0.05) is 19.5 Å². The molecule has 4 heteroatoms. The predicted molar refractivity (Wildman–Crippen MR) is 78.5 cm³/mol. The average molecular weight is 270 g/mol. The minimum absolute atomic E-state index is 0.0158. The van der Waals surface area contributed by atoms with Crippen LogP contribution in [0, 0.1) is 0 Å². The van der Waals surface area contributed by atoms with E-state index in [1.165, 1.54) is 16.3 Å². The Balaban J connectivity index is 1.81. The fourth-order valence-corrected chi connectivity index (χ4v) is 2.76. The molecule has 1 atom stereocenters. The first kappa shape index (κ1) is 12.9. The zero-order chi connectivity index (χ0) is 13.9. The summed E-state index contributed by atoms with van der Waals surface area (Å²) < 4.78 is 5.76. The molecule has 2 amide bonds. The molecule has 4 nitrogen and oxygen atoms in total. The fraction of sp³-hybridized carbons (Fsp3) is 0.312. The molecule has 0 spiro atoms. The Kier molecular flexibility index (Phi) is 3.56. The van der Waals surface area contributed by atoms with Crippen molar-refractivity contribution in [2.75, 3.05) is 19.7 Å². The van der Waals surface area contributed by atoms with Crippen molar-refractivity contribution in [2.24, 2.45) is 5.73 Å². The van der Waals surface area contributed by atoms with Gasteiger partial charge in [0.1, 0.15) is 0 Å². The molecule has 1 heterocycles. The molecule has 0 aromatic heterocycles. The summed E-state index contributed by atoms with van der Waals surface area (Å²) >= 11 is 0. The van der Waals surface area contributed by atoms with E-state index in [2.05, 4.69) is 30.3 Å². The predicted octanol–water partition coefficient (Wildman–Crippen LogP) is 2.16. The largest absolute Gasteiger partial charge is 0.374 e. The van der Waals surface area contributed by atoms with Gasteiger partial charge in [-0.15, -0.1) is 0 Å². The molecule has 104 valence electrons. The lowest BCUT2D eigenvalue weighted by molar-refractivity contribution is -0.0118. The van der Waals surface area contributed by atoms with Crippen LogP contribution in [0.15, 0.2) is 42.5 Å². The second-order valence-corrected chi connectivity index (χ2v) is 5.12. The lowest BCUT2D eigenvalue weighted by Crippen LogP contribution is -2.48. The maximum atomic E-state index is 11.3. The second kappa shape index (κ2) is 5.51. The van der Waals surface area contributed by atoms with Crippen LogP contribution in [-0.2, 0) is 11.2 Å². The van der Waals surface area contributed by atoms with E-state index in [1.54, 1.807) is 4.90 Å². The molecular formula is C16H18N2O2. The summed E-state index contributed by atoms with van der Waals surface area (Å²) in [7, 11) is 0. The Bertz CT molecular complexity index is 621. The highest BCUT2D eigenvalue weighted by atomic mass is 16.5. The molecule has 1 unspecified atom stereocenters. The fourth-order valence-electron chi connectivity index (χ4n) is 2.76. The van der Waals surface area contributed by atoms with Crippen LogP contribution in [0.25, 0.3) is 10.8 Å². The van der Waals surface area contributed by atoms with Crippen molar-refractivity contribution in [1.29, 1.82) is 0 Å². The van der Waals surface area contributed by atoms with E-state index in [1.807, 2.05) is 12.1 Å². The van der Waals surface area contributed by atoms with Gasteiger partial charge in [0.25, 0.3) is 0 Å². The minimum Gasteiger partial charge on any atom is -0.374 e. The smallest absolute Gasteiger partial charge is 0.314 e. The Morgan fingerprint density at radius 2 is 2.05 bits per heavy atom. The van der Waals surface area contributed by atoms with Crippen molar-refractivity contribution in [3.63, 3.8) is 0 Å². The molecule has 1 aliphatic rings. The number of amides is 2. The third-order valence-electron chi connectivity index (χ3n) is 3.78. The number of hydrogen-bond acceptors (Lipinski definition) is 2. The lowest BCUT2D eigenvalue weighted by Gasteiger charge is -2.32. The number of urea groups is 1. The van der Waals surface area contributed by atoms with Gasteiger partial charge in [-0.1, -0.05) is 42.5 Å². The van der Waals surface area contributed by atoms with Gasteiger partial charge in [0.05, 0.1) is 12.7 Å². The SMILES string of the molecule is NC(=O)N1CCOC(Cc2cccc3ccccc23)C1. The number of benzene rings is 2. The van der Waals surface area contributed by atoms with Crippen LogP contribution in [0.4, 0.5) is 4.79 Å². The zero-order valence-electron chi connectivity index (χ0n) is 11.3. The number of ether oxygens (including phenoxy) is 1. The van der Waals surface area contributed by atoms with Gasteiger partial charge in [-0.05, 0) is 16.3 Å². The molecule has 0 radical (unpaired) electrons. The molecule has 20 heavy (non-hydrogen) atoms. The Morgan fingerprint density at radius 3 is 2.90 bits per heavy atom. The van der Waals surface area contributed by atoms with Gasteiger partial charge in [-0.25, -0.2) is 4.79 Å². The van der Waals surface area contributed by atoms with Crippen molar-refractivity contribution in [1.82, 2.24) is 4.90 Å². The molecule has 2 aromatic rings. The maximum absolute atomic E-state index is 11.3. The molecule has 3 rings (SSSR count). The standard InChI is InChI=1S/C16H18N2O2/c17-16(19)18-8-9-20-14(11-18)10-13-6-3-5-12-4-1-2-7-15(12)13/h1-7,14H,8-11H2,(H2,17,19). The molecule has 2 aromatic carbocycles. The normalized spacial score (nSPS) is 19.2. The van der Waals surface area contributed by atoms with E-state index >= 15 is 0 Å². The van der Waals surface area contributed by atoms with E-state index < -0.39 is 0 Å². The van der Waals surface area contributed by atoms with Crippen molar-refractivity contribution in [3.8, 4) is 0 Å². The first-order valence-corrected chi connectivity index (χ1v) is 6.86. The summed E-state index contributed by atoms with van der Waals surface area (Å²) in [6.07, 6.45) is 0.813. The summed E-state index contributed by atoms with van der Waals surface area (Å²) in [4.78, 5) is 12.9. The molecular weight excluding hydrogens is 252 g/mol. The summed E-state index contributed by atoms with van der Waals surface area (Å²) in [6, 6.07) is 14.2. The molecule has 1 saturated heterocycles. The van der Waals surface area contributed by atoms with Crippen LogP contribution >= 0.6 is 0 Å². The number of nitrogens with two attached hydrogens (primary N) is 1. The molecule has 1 fully saturated rings. The number of morpholine rings is 1. The van der Waals surface area contributed by atoms with Gasteiger partial charge in [0.2, 0.25) is 0 Å². The van der Waals surface area contributed by atoms with Crippen LogP contribution < -0.4 is 5.73 Å². The zero-order valence-corrected chi connectivity index (χ0v) is 11.3. The van der Waals surface area contributed by atoms with E-state index in [0.29, 0.717) is 19.7 Å². The third-order valence-corrected chi connectivity index (χ3v) is 3.78. The summed E-state index contributed by atoms with van der Waals surface area (Å²) in [6.45, 7) is 1.71. The quantitative estimate of drug-likeness (QED) is 0.909. The number of carbonyl (C=O) groups is 1. The minimum atomic E-state index is -0.365. The summed E-state index contributed by atoms with van der Waals surface area (Å²) in [5.74, 6) is 0. The summed E-state index contributed by atoms with van der Waals surface area (Å²) in [5, 5.41) is 2.47. The van der Waals surface area contributed by atoms with Crippen molar-refractivity contribution in [2.45, 2.75) is 12.5 Å². The van der Waals surface area contributed by atoms with Gasteiger partial charge in [0.15, 0.2) is 0 Å². The van der Waals surface area contributed by atoms with Gasteiger partial charge >= 0.3 is 6.03 Å². The van der Waals surface area contributed by atoms with E-state index in [4.69, 9.17) is 10.5 Å². The molecule has 0 bridgehead atoms. The Morgan fingerprint density at radius 1 is 1.25 bits per heavy atom. The number of fused-ring (bicyclic) bond motifs is 1. The van der Waals surface area contributed by atoms with Gasteiger partial charge in [-0.3, -0.25) is 0 Å².